The molecule has 0 saturated heterocycles. The number of nitrogens with zero attached hydrogens (tertiary/aromatic N) is 1. The molecular weight excluding hydrogens is 348 g/mol. The summed E-state index contributed by atoms with van der Waals surface area (Å²) < 4.78 is 0.896. The number of pyridine rings is 1. The zero-order valence-corrected chi connectivity index (χ0v) is 16.3. The molecule has 0 amide bonds. The van der Waals surface area contributed by atoms with E-state index in [0.29, 0.717) is 17.8 Å². The van der Waals surface area contributed by atoms with E-state index in [9.17, 15) is 0 Å². The number of aromatic nitrogens is 1. The molecule has 2 rings (SSSR count). The van der Waals surface area contributed by atoms with Crippen molar-refractivity contribution in [2.45, 2.75) is 52.4 Å². The first-order chi connectivity index (χ1) is 10.9. The number of para-hydroxylation sites is 1. The molecule has 0 aliphatic rings. The van der Waals surface area contributed by atoms with Crippen LogP contribution in [0.3, 0.4) is 0 Å². The molecular formula is C20H27BrN2. The number of halogens is 1. The Bertz CT molecular complexity index is 624. The van der Waals surface area contributed by atoms with Crippen molar-refractivity contribution in [3.8, 4) is 0 Å². The molecule has 3 heteroatoms. The lowest BCUT2D eigenvalue weighted by atomic mass is 9.92. The number of hydrogen-bond acceptors (Lipinski definition) is 2. The van der Waals surface area contributed by atoms with E-state index in [4.69, 9.17) is 0 Å². The van der Waals surface area contributed by atoms with Gasteiger partial charge in [0, 0.05) is 23.8 Å². The molecule has 23 heavy (non-hydrogen) atoms. The average molecular weight is 375 g/mol. The summed E-state index contributed by atoms with van der Waals surface area (Å²) >= 11 is 3.46. The fourth-order valence-electron chi connectivity index (χ4n) is 2.81. The van der Waals surface area contributed by atoms with Crippen LogP contribution in [0.4, 0.5) is 5.69 Å². The van der Waals surface area contributed by atoms with E-state index in [1.54, 1.807) is 0 Å². The summed E-state index contributed by atoms with van der Waals surface area (Å²) in [5.74, 6) is 1.37. The van der Waals surface area contributed by atoms with Crippen LogP contribution < -0.4 is 5.32 Å². The summed E-state index contributed by atoms with van der Waals surface area (Å²) in [5.41, 5.74) is 5.20. The highest BCUT2D eigenvalue weighted by molar-refractivity contribution is 9.10. The van der Waals surface area contributed by atoms with Crippen molar-refractivity contribution in [3.05, 3.63) is 57.8 Å². The van der Waals surface area contributed by atoms with Gasteiger partial charge in [0.2, 0.25) is 0 Å². The molecule has 0 radical (unpaired) electrons. The van der Waals surface area contributed by atoms with Crippen LogP contribution in [0, 0.1) is 0 Å². The first kappa shape index (κ1) is 18.0. The van der Waals surface area contributed by atoms with Crippen LogP contribution in [0.1, 0.15) is 69.2 Å². The Kier molecular flexibility index (Phi) is 6.23. The van der Waals surface area contributed by atoms with Gasteiger partial charge in [0.1, 0.15) is 4.60 Å². The number of rotatable bonds is 6. The standard InChI is InChI=1S/C20H27BrN2/c1-13(2)16-8-6-9-17(14(3)4)20(16)22-12-15(5)18-10-7-11-19(21)23-18/h6-11,13-15,22H,12H2,1-5H3. The predicted molar refractivity (Wildman–Crippen MR) is 103 cm³/mol. The third kappa shape index (κ3) is 4.57. The van der Waals surface area contributed by atoms with Crippen molar-refractivity contribution in [1.29, 1.82) is 0 Å². The van der Waals surface area contributed by atoms with Gasteiger partial charge in [0.25, 0.3) is 0 Å². The highest BCUT2D eigenvalue weighted by Gasteiger charge is 2.15. The highest BCUT2D eigenvalue weighted by Crippen LogP contribution is 2.32. The van der Waals surface area contributed by atoms with Crippen LogP contribution in [0.25, 0.3) is 0 Å². The number of nitrogens with one attached hydrogen (secondary N) is 1. The Morgan fingerprint density at radius 3 is 2.00 bits per heavy atom. The van der Waals surface area contributed by atoms with Gasteiger partial charge in [-0.3, -0.25) is 0 Å². The fourth-order valence-corrected chi connectivity index (χ4v) is 3.17. The van der Waals surface area contributed by atoms with Crippen LogP contribution in [0.2, 0.25) is 0 Å². The van der Waals surface area contributed by atoms with Gasteiger partial charge < -0.3 is 5.32 Å². The summed E-state index contributed by atoms with van der Waals surface area (Å²) in [6, 6.07) is 12.8. The maximum absolute atomic E-state index is 4.58. The molecule has 0 aliphatic heterocycles. The second-order valence-electron chi connectivity index (χ2n) is 6.79. The molecule has 0 bridgehead atoms. The van der Waals surface area contributed by atoms with Gasteiger partial charge in [-0.25, -0.2) is 4.98 Å². The molecule has 1 N–H and O–H groups in total. The van der Waals surface area contributed by atoms with E-state index >= 15 is 0 Å². The summed E-state index contributed by atoms with van der Waals surface area (Å²) in [5, 5.41) is 3.71. The van der Waals surface area contributed by atoms with Gasteiger partial charge in [0.05, 0.1) is 0 Å². The Hall–Kier alpha value is -1.35. The molecule has 0 aliphatic carbocycles. The molecule has 0 fully saturated rings. The zero-order chi connectivity index (χ0) is 17.0. The normalized spacial score (nSPS) is 12.7. The van der Waals surface area contributed by atoms with Gasteiger partial charge in [-0.05, 0) is 51.0 Å². The summed E-state index contributed by atoms with van der Waals surface area (Å²) in [6.45, 7) is 12.1. The van der Waals surface area contributed by atoms with Crippen LogP contribution in [0.5, 0.6) is 0 Å². The second-order valence-corrected chi connectivity index (χ2v) is 7.60. The first-order valence-corrected chi connectivity index (χ1v) is 9.18. The van der Waals surface area contributed by atoms with Crippen molar-refractivity contribution in [2.24, 2.45) is 0 Å². The highest BCUT2D eigenvalue weighted by atomic mass is 79.9. The van der Waals surface area contributed by atoms with Crippen molar-refractivity contribution in [3.63, 3.8) is 0 Å². The van der Waals surface area contributed by atoms with E-state index in [0.717, 1.165) is 16.8 Å². The third-order valence-corrected chi connectivity index (χ3v) is 4.64. The van der Waals surface area contributed by atoms with Gasteiger partial charge in [-0.2, -0.15) is 0 Å². The third-order valence-electron chi connectivity index (χ3n) is 4.20. The van der Waals surface area contributed by atoms with Gasteiger partial charge in [-0.1, -0.05) is 58.9 Å². The van der Waals surface area contributed by atoms with Crippen molar-refractivity contribution >= 4 is 21.6 Å². The van der Waals surface area contributed by atoms with Crippen LogP contribution in [0.15, 0.2) is 41.0 Å². The Labute approximate surface area is 148 Å². The van der Waals surface area contributed by atoms with Crippen LogP contribution >= 0.6 is 15.9 Å². The Morgan fingerprint density at radius 1 is 0.913 bits per heavy atom. The maximum Gasteiger partial charge on any atom is 0.106 e. The lowest BCUT2D eigenvalue weighted by molar-refractivity contribution is 0.759. The largest absolute Gasteiger partial charge is 0.384 e. The minimum atomic E-state index is 0.354. The average Bonchev–Trinajstić information content (AvgIpc) is 2.51. The topological polar surface area (TPSA) is 24.9 Å². The molecule has 124 valence electrons. The Morgan fingerprint density at radius 2 is 1.48 bits per heavy atom. The maximum atomic E-state index is 4.58. The molecule has 2 aromatic rings. The molecule has 2 nitrogen and oxygen atoms in total. The van der Waals surface area contributed by atoms with Crippen molar-refractivity contribution < 1.29 is 0 Å². The van der Waals surface area contributed by atoms with Crippen LogP contribution in [-0.2, 0) is 0 Å². The monoisotopic (exact) mass is 374 g/mol. The molecule has 1 aromatic carbocycles. The van der Waals surface area contributed by atoms with Crippen molar-refractivity contribution in [1.82, 2.24) is 4.98 Å². The van der Waals surface area contributed by atoms with Crippen LogP contribution in [-0.4, -0.2) is 11.5 Å². The minimum Gasteiger partial charge on any atom is -0.384 e. The number of hydrogen-bond donors (Lipinski definition) is 1. The van der Waals surface area contributed by atoms with Gasteiger partial charge in [-0.15, -0.1) is 0 Å². The molecule has 1 atom stereocenters. The number of benzene rings is 1. The summed E-state index contributed by atoms with van der Waals surface area (Å²) in [6.07, 6.45) is 0. The van der Waals surface area contributed by atoms with E-state index < -0.39 is 0 Å². The first-order valence-electron chi connectivity index (χ1n) is 8.39. The summed E-state index contributed by atoms with van der Waals surface area (Å²) in [4.78, 5) is 4.58. The molecule has 0 saturated carbocycles. The lowest BCUT2D eigenvalue weighted by Gasteiger charge is -2.22. The zero-order valence-electron chi connectivity index (χ0n) is 14.7. The van der Waals surface area contributed by atoms with Gasteiger partial charge in [0.15, 0.2) is 0 Å². The quantitative estimate of drug-likeness (QED) is 0.599. The molecule has 1 aromatic heterocycles. The van der Waals surface area contributed by atoms with E-state index in [-0.39, 0.29) is 0 Å². The molecule has 0 spiro atoms. The van der Waals surface area contributed by atoms with E-state index in [1.165, 1.54) is 16.8 Å². The minimum absolute atomic E-state index is 0.354. The molecule has 1 heterocycles. The summed E-state index contributed by atoms with van der Waals surface area (Å²) in [7, 11) is 0. The van der Waals surface area contributed by atoms with E-state index in [1.807, 2.05) is 12.1 Å². The Balaban J connectivity index is 2.22. The lowest BCUT2D eigenvalue weighted by Crippen LogP contribution is -2.14. The van der Waals surface area contributed by atoms with Gasteiger partial charge >= 0.3 is 0 Å². The molecule has 1 unspecified atom stereocenters. The SMILES string of the molecule is CC(C)c1cccc(C(C)C)c1NCC(C)c1cccc(Br)n1. The van der Waals surface area contributed by atoms with Crippen molar-refractivity contribution in [2.75, 3.05) is 11.9 Å². The number of anilines is 1. The van der Waals surface area contributed by atoms with E-state index in [2.05, 4.69) is 85.1 Å². The predicted octanol–water partition coefficient (Wildman–Crippen LogP) is 6.31. The second kappa shape index (κ2) is 7.96. The fraction of sp³-hybridized carbons (Fsp3) is 0.450. The smallest absolute Gasteiger partial charge is 0.106 e.